The molecule has 1 aliphatic heterocycles. The largest absolute Gasteiger partial charge is 0.378 e. The molecular formula is C21H22N2O3. The molecule has 5 nitrogen and oxygen atoms in total. The van der Waals surface area contributed by atoms with E-state index < -0.39 is 0 Å². The molecule has 3 rings (SSSR count). The van der Waals surface area contributed by atoms with Gasteiger partial charge in [0.05, 0.1) is 13.2 Å². The highest BCUT2D eigenvalue weighted by Gasteiger charge is 2.11. The van der Waals surface area contributed by atoms with E-state index in [1.807, 2.05) is 48.5 Å². The fourth-order valence-electron chi connectivity index (χ4n) is 2.81. The molecule has 0 unspecified atom stereocenters. The highest BCUT2D eigenvalue weighted by atomic mass is 16.5. The van der Waals surface area contributed by atoms with Gasteiger partial charge in [-0.3, -0.25) is 9.59 Å². The molecule has 0 aliphatic carbocycles. The van der Waals surface area contributed by atoms with Gasteiger partial charge in [0.25, 0.3) is 0 Å². The zero-order chi connectivity index (χ0) is 18.4. The Balaban J connectivity index is 1.61. The smallest absolute Gasteiger partial charge is 0.221 e. The first kappa shape index (κ1) is 17.9. The number of anilines is 2. The first-order valence-electron chi connectivity index (χ1n) is 8.65. The minimum absolute atomic E-state index is 0.0375. The third kappa shape index (κ3) is 4.80. The monoisotopic (exact) mass is 350 g/mol. The second-order valence-corrected chi connectivity index (χ2v) is 6.15. The summed E-state index contributed by atoms with van der Waals surface area (Å²) < 4.78 is 5.36. The lowest BCUT2D eigenvalue weighted by Crippen LogP contribution is -2.36. The number of carbonyl (C=O) groups excluding carboxylic acids is 2. The topological polar surface area (TPSA) is 58.6 Å². The minimum Gasteiger partial charge on any atom is -0.378 e. The molecule has 26 heavy (non-hydrogen) atoms. The van der Waals surface area contributed by atoms with Crippen LogP contribution in [0.15, 0.2) is 54.6 Å². The molecule has 0 radical (unpaired) electrons. The zero-order valence-electron chi connectivity index (χ0n) is 14.8. The molecule has 5 heteroatoms. The second-order valence-electron chi connectivity index (χ2n) is 6.15. The summed E-state index contributed by atoms with van der Waals surface area (Å²) in [5.41, 5.74) is 3.41. The van der Waals surface area contributed by atoms with E-state index in [1.54, 1.807) is 12.2 Å². The SMILES string of the molecule is CC(=O)Nc1ccc(/C=C/C(=O)c2ccc(N3CCOCC3)cc2)cc1. The van der Waals surface area contributed by atoms with Gasteiger partial charge in [-0.1, -0.05) is 18.2 Å². The second kappa shape index (κ2) is 8.45. The zero-order valence-corrected chi connectivity index (χ0v) is 14.8. The summed E-state index contributed by atoms with van der Waals surface area (Å²) in [6.45, 7) is 4.70. The summed E-state index contributed by atoms with van der Waals surface area (Å²) in [4.78, 5) is 25.6. The number of hydrogen-bond acceptors (Lipinski definition) is 4. The summed E-state index contributed by atoms with van der Waals surface area (Å²) in [7, 11) is 0. The van der Waals surface area contributed by atoms with Crippen LogP contribution in [-0.4, -0.2) is 38.0 Å². The van der Waals surface area contributed by atoms with Gasteiger partial charge in [0.1, 0.15) is 0 Å². The number of benzene rings is 2. The van der Waals surface area contributed by atoms with Crippen LogP contribution < -0.4 is 10.2 Å². The first-order chi connectivity index (χ1) is 12.6. The normalized spacial score (nSPS) is 14.4. The van der Waals surface area contributed by atoms with Crippen LogP contribution in [-0.2, 0) is 9.53 Å². The summed E-state index contributed by atoms with van der Waals surface area (Å²) >= 11 is 0. The standard InChI is InChI=1S/C21H22N2O3/c1-16(24)22-19-7-2-17(3-8-19)4-11-21(25)18-5-9-20(10-6-18)23-12-14-26-15-13-23/h2-11H,12-15H2,1H3,(H,22,24)/b11-4+. The van der Waals surface area contributed by atoms with E-state index in [0.717, 1.165) is 43.2 Å². The van der Waals surface area contributed by atoms with E-state index in [1.165, 1.54) is 6.92 Å². The summed E-state index contributed by atoms with van der Waals surface area (Å²) in [6, 6.07) is 15.0. The Hall–Kier alpha value is -2.92. The molecule has 0 bridgehead atoms. The molecule has 1 fully saturated rings. The average Bonchev–Trinajstić information content (AvgIpc) is 2.67. The lowest BCUT2D eigenvalue weighted by atomic mass is 10.1. The predicted octanol–water partition coefficient (Wildman–Crippen LogP) is 3.38. The van der Waals surface area contributed by atoms with Crippen molar-refractivity contribution in [1.82, 2.24) is 0 Å². The van der Waals surface area contributed by atoms with Crippen molar-refractivity contribution in [2.45, 2.75) is 6.92 Å². The quantitative estimate of drug-likeness (QED) is 0.663. The molecule has 2 aromatic carbocycles. The molecule has 1 amide bonds. The van der Waals surface area contributed by atoms with Gasteiger partial charge < -0.3 is 15.0 Å². The minimum atomic E-state index is -0.107. The van der Waals surface area contributed by atoms with Crippen molar-refractivity contribution in [3.63, 3.8) is 0 Å². The Kier molecular flexibility index (Phi) is 5.81. The number of carbonyl (C=O) groups is 2. The van der Waals surface area contributed by atoms with Crippen molar-refractivity contribution >= 4 is 29.1 Å². The maximum Gasteiger partial charge on any atom is 0.221 e. The summed E-state index contributed by atoms with van der Waals surface area (Å²) in [5.74, 6) is -0.145. The highest BCUT2D eigenvalue weighted by Crippen LogP contribution is 2.17. The number of morpholine rings is 1. The number of hydrogen-bond donors (Lipinski definition) is 1. The van der Waals surface area contributed by atoms with Gasteiger partial charge in [-0.15, -0.1) is 0 Å². The van der Waals surface area contributed by atoms with E-state index in [4.69, 9.17) is 4.74 Å². The summed E-state index contributed by atoms with van der Waals surface area (Å²) in [6.07, 6.45) is 3.34. The van der Waals surface area contributed by atoms with Crippen LogP contribution in [0.4, 0.5) is 11.4 Å². The van der Waals surface area contributed by atoms with E-state index in [0.29, 0.717) is 5.56 Å². The van der Waals surface area contributed by atoms with Crippen molar-refractivity contribution in [2.75, 3.05) is 36.5 Å². The van der Waals surface area contributed by atoms with Crippen LogP contribution in [0.5, 0.6) is 0 Å². The van der Waals surface area contributed by atoms with Crippen molar-refractivity contribution in [1.29, 1.82) is 0 Å². The molecular weight excluding hydrogens is 328 g/mol. The average molecular weight is 350 g/mol. The lowest BCUT2D eigenvalue weighted by Gasteiger charge is -2.28. The van der Waals surface area contributed by atoms with E-state index in [9.17, 15) is 9.59 Å². The van der Waals surface area contributed by atoms with Crippen molar-refractivity contribution < 1.29 is 14.3 Å². The van der Waals surface area contributed by atoms with Crippen LogP contribution in [0.2, 0.25) is 0 Å². The molecule has 0 saturated carbocycles. The fraction of sp³-hybridized carbons (Fsp3) is 0.238. The maximum atomic E-state index is 12.3. The van der Waals surface area contributed by atoms with Gasteiger partial charge in [-0.05, 0) is 48.0 Å². The van der Waals surface area contributed by atoms with Gasteiger partial charge in [0.2, 0.25) is 5.91 Å². The molecule has 1 N–H and O–H groups in total. The summed E-state index contributed by atoms with van der Waals surface area (Å²) in [5, 5.41) is 2.71. The predicted molar refractivity (Wildman–Crippen MR) is 104 cm³/mol. The van der Waals surface area contributed by atoms with Crippen LogP contribution in [0.3, 0.4) is 0 Å². The molecule has 1 aliphatic rings. The third-order valence-electron chi connectivity index (χ3n) is 4.19. The lowest BCUT2D eigenvalue weighted by molar-refractivity contribution is -0.114. The molecule has 1 heterocycles. The van der Waals surface area contributed by atoms with Gasteiger partial charge in [-0.25, -0.2) is 0 Å². The number of amides is 1. The number of nitrogens with one attached hydrogen (secondary N) is 1. The van der Waals surface area contributed by atoms with Crippen LogP contribution in [0, 0.1) is 0 Å². The Morgan fingerprint density at radius 1 is 1.00 bits per heavy atom. The fourth-order valence-corrected chi connectivity index (χ4v) is 2.81. The van der Waals surface area contributed by atoms with Crippen LogP contribution >= 0.6 is 0 Å². The molecule has 0 spiro atoms. The Labute approximate surface area is 153 Å². The van der Waals surface area contributed by atoms with Gasteiger partial charge >= 0.3 is 0 Å². The van der Waals surface area contributed by atoms with Crippen LogP contribution in [0.1, 0.15) is 22.8 Å². The third-order valence-corrected chi connectivity index (χ3v) is 4.19. The van der Waals surface area contributed by atoms with Crippen molar-refractivity contribution in [2.24, 2.45) is 0 Å². The van der Waals surface area contributed by atoms with Gasteiger partial charge in [0, 0.05) is 37.0 Å². The van der Waals surface area contributed by atoms with Gasteiger partial charge in [-0.2, -0.15) is 0 Å². The van der Waals surface area contributed by atoms with E-state index in [-0.39, 0.29) is 11.7 Å². The number of allylic oxidation sites excluding steroid dienone is 1. The number of ether oxygens (including phenoxy) is 1. The van der Waals surface area contributed by atoms with E-state index in [2.05, 4.69) is 10.2 Å². The van der Waals surface area contributed by atoms with Crippen molar-refractivity contribution in [3.8, 4) is 0 Å². The van der Waals surface area contributed by atoms with Gasteiger partial charge in [0.15, 0.2) is 5.78 Å². The first-order valence-corrected chi connectivity index (χ1v) is 8.65. The Morgan fingerprint density at radius 2 is 1.65 bits per heavy atom. The highest BCUT2D eigenvalue weighted by molar-refractivity contribution is 6.07. The number of rotatable bonds is 5. The molecule has 134 valence electrons. The molecule has 0 aromatic heterocycles. The molecule has 2 aromatic rings. The Bertz CT molecular complexity index is 789. The molecule has 1 saturated heterocycles. The maximum absolute atomic E-state index is 12.3. The molecule has 0 atom stereocenters. The van der Waals surface area contributed by atoms with Crippen molar-refractivity contribution in [3.05, 3.63) is 65.7 Å². The van der Waals surface area contributed by atoms with Crippen LogP contribution in [0.25, 0.3) is 6.08 Å². The Morgan fingerprint density at radius 3 is 2.27 bits per heavy atom. The van der Waals surface area contributed by atoms with E-state index >= 15 is 0 Å². The number of nitrogens with zero attached hydrogens (tertiary/aromatic N) is 1. The number of ketones is 1.